The number of nitrogens with zero attached hydrogens (tertiary/aromatic N) is 2. The SMILES string of the molecule is Cc1ccnc2sc(N)nc12. The molecule has 0 radical (unpaired) electrons. The molecule has 56 valence electrons. The summed E-state index contributed by atoms with van der Waals surface area (Å²) in [5.41, 5.74) is 7.58. The maximum atomic E-state index is 5.53. The number of nitrogens with two attached hydrogens (primary N) is 1. The van der Waals surface area contributed by atoms with Crippen LogP contribution in [0.5, 0.6) is 0 Å². The molecule has 11 heavy (non-hydrogen) atoms. The smallest absolute Gasteiger partial charge is 0.182 e. The Morgan fingerprint density at radius 1 is 1.55 bits per heavy atom. The number of anilines is 1. The summed E-state index contributed by atoms with van der Waals surface area (Å²) in [6, 6.07) is 1.93. The van der Waals surface area contributed by atoms with Gasteiger partial charge in [-0.2, -0.15) is 0 Å². The van der Waals surface area contributed by atoms with Crippen LogP contribution >= 0.6 is 11.3 Å². The molecule has 2 heterocycles. The molecule has 0 fully saturated rings. The Hall–Kier alpha value is -1.16. The van der Waals surface area contributed by atoms with Gasteiger partial charge in [-0.15, -0.1) is 0 Å². The van der Waals surface area contributed by atoms with Gasteiger partial charge in [0.05, 0.1) is 0 Å². The summed E-state index contributed by atoms with van der Waals surface area (Å²) >= 11 is 1.42. The highest BCUT2D eigenvalue weighted by Crippen LogP contribution is 2.23. The van der Waals surface area contributed by atoms with Crippen LogP contribution in [0, 0.1) is 6.92 Å². The molecule has 0 saturated heterocycles. The Morgan fingerprint density at radius 2 is 2.36 bits per heavy atom. The van der Waals surface area contributed by atoms with Crippen LogP contribution < -0.4 is 5.73 Å². The molecule has 2 aromatic rings. The van der Waals surface area contributed by atoms with Gasteiger partial charge in [0, 0.05) is 6.20 Å². The van der Waals surface area contributed by atoms with E-state index in [9.17, 15) is 0 Å². The number of rotatable bonds is 0. The number of fused-ring (bicyclic) bond motifs is 1. The second-order valence-electron chi connectivity index (χ2n) is 2.33. The molecule has 0 aliphatic carbocycles. The Bertz CT molecular complexity index is 393. The van der Waals surface area contributed by atoms with Crippen molar-refractivity contribution < 1.29 is 0 Å². The first-order chi connectivity index (χ1) is 5.27. The Balaban J connectivity index is 2.90. The molecule has 0 spiro atoms. The van der Waals surface area contributed by atoms with Crippen LogP contribution in [0.25, 0.3) is 10.3 Å². The minimum absolute atomic E-state index is 0.585. The van der Waals surface area contributed by atoms with E-state index in [1.807, 2.05) is 13.0 Å². The number of aryl methyl sites for hydroxylation is 1. The fourth-order valence-electron chi connectivity index (χ4n) is 0.968. The first-order valence-corrected chi connectivity index (χ1v) is 4.06. The molecular formula is C7H7N3S. The van der Waals surface area contributed by atoms with Crippen molar-refractivity contribution in [2.45, 2.75) is 6.92 Å². The van der Waals surface area contributed by atoms with Gasteiger partial charge in [-0.25, -0.2) is 9.97 Å². The molecule has 0 amide bonds. The maximum absolute atomic E-state index is 5.53. The fourth-order valence-corrected chi connectivity index (χ4v) is 1.72. The number of hydrogen-bond acceptors (Lipinski definition) is 4. The van der Waals surface area contributed by atoms with Crippen LogP contribution in [0.3, 0.4) is 0 Å². The van der Waals surface area contributed by atoms with E-state index in [0.29, 0.717) is 5.13 Å². The van der Waals surface area contributed by atoms with Crippen molar-refractivity contribution in [3.63, 3.8) is 0 Å². The van der Waals surface area contributed by atoms with Gasteiger partial charge in [0.1, 0.15) is 10.3 Å². The van der Waals surface area contributed by atoms with Crippen LogP contribution in [0.4, 0.5) is 5.13 Å². The summed E-state index contributed by atoms with van der Waals surface area (Å²) in [5.74, 6) is 0. The minimum Gasteiger partial charge on any atom is -0.375 e. The van der Waals surface area contributed by atoms with E-state index < -0.39 is 0 Å². The number of nitrogen functional groups attached to an aromatic ring is 1. The van der Waals surface area contributed by atoms with Crippen LogP contribution in [0.15, 0.2) is 12.3 Å². The largest absolute Gasteiger partial charge is 0.375 e. The lowest BCUT2D eigenvalue weighted by molar-refractivity contribution is 1.35. The van der Waals surface area contributed by atoms with Gasteiger partial charge in [0.25, 0.3) is 0 Å². The molecule has 2 aromatic heterocycles. The number of pyridine rings is 1. The summed E-state index contributed by atoms with van der Waals surface area (Å²) in [4.78, 5) is 9.20. The van der Waals surface area contributed by atoms with Crippen LogP contribution in [0.1, 0.15) is 5.56 Å². The van der Waals surface area contributed by atoms with Gasteiger partial charge in [0.2, 0.25) is 0 Å². The Labute approximate surface area is 67.9 Å². The standard InChI is InChI=1S/C7H7N3S/c1-4-2-3-9-6-5(4)10-7(8)11-6/h2-3H,1H3,(H2,8,10). The van der Waals surface area contributed by atoms with Crippen LogP contribution in [-0.4, -0.2) is 9.97 Å². The first kappa shape index (κ1) is 6.54. The number of thiazole rings is 1. The molecule has 3 nitrogen and oxygen atoms in total. The van der Waals surface area contributed by atoms with Crippen molar-refractivity contribution >= 4 is 26.8 Å². The first-order valence-electron chi connectivity index (χ1n) is 3.25. The predicted octanol–water partition coefficient (Wildman–Crippen LogP) is 1.58. The molecular weight excluding hydrogens is 158 g/mol. The second kappa shape index (κ2) is 2.17. The van der Waals surface area contributed by atoms with E-state index in [1.165, 1.54) is 11.3 Å². The van der Waals surface area contributed by atoms with Crippen molar-refractivity contribution in [2.75, 3.05) is 5.73 Å². The number of hydrogen-bond donors (Lipinski definition) is 1. The van der Waals surface area contributed by atoms with Crippen LogP contribution in [0.2, 0.25) is 0 Å². The van der Waals surface area contributed by atoms with E-state index in [2.05, 4.69) is 9.97 Å². The molecule has 0 aliphatic rings. The lowest BCUT2D eigenvalue weighted by atomic mass is 10.3. The van der Waals surface area contributed by atoms with Crippen molar-refractivity contribution in [3.05, 3.63) is 17.8 Å². The van der Waals surface area contributed by atoms with E-state index in [-0.39, 0.29) is 0 Å². The normalized spacial score (nSPS) is 10.6. The monoisotopic (exact) mass is 165 g/mol. The summed E-state index contributed by atoms with van der Waals surface area (Å²) in [6.07, 6.45) is 1.77. The third-order valence-electron chi connectivity index (χ3n) is 1.52. The third-order valence-corrected chi connectivity index (χ3v) is 2.31. The van der Waals surface area contributed by atoms with Gasteiger partial charge in [0.15, 0.2) is 5.13 Å². The second-order valence-corrected chi connectivity index (χ2v) is 3.34. The lowest BCUT2D eigenvalue weighted by Gasteiger charge is -1.89. The predicted molar refractivity (Wildman–Crippen MR) is 46.6 cm³/mol. The highest BCUT2D eigenvalue weighted by Gasteiger charge is 2.02. The molecule has 0 bridgehead atoms. The summed E-state index contributed by atoms with van der Waals surface area (Å²) in [5, 5.41) is 0.585. The Morgan fingerprint density at radius 3 is 3.09 bits per heavy atom. The fraction of sp³-hybridized carbons (Fsp3) is 0.143. The van der Waals surface area contributed by atoms with Gasteiger partial charge in [-0.3, -0.25) is 0 Å². The molecule has 0 saturated carbocycles. The van der Waals surface area contributed by atoms with Gasteiger partial charge >= 0.3 is 0 Å². The summed E-state index contributed by atoms with van der Waals surface area (Å²) in [7, 11) is 0. The molecule has 0 unspecified atom stereocenters. The topological polar surface area (TPSA) is 51.8 Å². The molecule has 0 aromatic carbocycles. The van der Waals surface area contributed by atoms with E-state index >= 15 is 0 Å². The zero-order chi connectivity index (χ0) is 7.84. The zero-order valence-corrected chi connectivity index (χ0v) is 6.85. The average molecular weight is 165 g/mol. The van der Waals surface area contributed by atoms with Crippen molar-refractivity contribution in [3.8, 4) is 0 Å². The van der Waals surface area contributed by atoms with Crippen molar-refractivity contribution in [2.24, 2.45) is 0 Å². The van der Waals surface area contributed by atoms with Crippen molar-refractivity contribution in [1.82, 2.24) is 9.97 Å². The zero-order valence-electron chi connectivity index (χ0n) is 6.03. The summed E-state index contributed by atoms with van der Waals surface area (Å²) in [6.45, 7) is 2.00. The molecule has 2 N–H and O–H groups in total. The number of aromatic nitrogens is 2. The van der Waals surface area contributed by atoms with Crippen molar-refractivity contribution in [1.29, 1.82) is 0 Å². The maximum Gasteiger partial charge on any atom is 0.182 e. The molecule has 4 heteroatoms. The third kappa shape index (κ3) is 0.952. The van der Waals surface area contributed by atoms with Gasteiger partial charge < -0.3 is 5.73 Å². The molecule has 2 rings (SSSR count). The highest BCUT2D eigenvalue weighted by atomic mass is 32.1. The highest BCUT2D eigenvalue weighted by molar-refractivity contribution is 7.21. The van der Waals surface area contributed by atoms with E-state index in [1.54, 1.807) is 6.20 Å². The molecule has 0 atom stereocenters. The lowest BCUT2D eigenvalue weighted by Crippen LogP contribution is -1.81. The van der Waals surface area contributed by atoms with Crippen LogP contribution in [-0.2, 0) is 0 Å². The average Bonchev–Trinajstić information content (AvgIpc) is 2.31. The van der Waals surface area contributed by atoms with Gasteiger partial charge in [-0.1, -0.05) is 11.3 Å². The quantitative estimate of drug-likeness (QED) is 0.644. The Kier molecular flexibility index (Phi) is 1.29. The summed E-state index contributed by atoms with van der Waals surface area (Å²) < 4.78 is 0. The van der Waals surface area contributed by atoms with Gasteiger partial charge in [-0.05, 0) is 18.6 Å². The molecule has 0 aliphatic heterocycles. The minimum atomic E-state index is 0.585. The van der Waals surface area contributed by atoms with E-state index in [4.69, 9.17) is 5.73 Å². The van der Waals surface area contributed by atoms with E-state index in [0.717, 1.165) is 15.9 Å².